The van der Waals surface area contributed by atoms with Crippen molar-refractivity contribution in [2.24, 2.45) is 0 Å². The van der Waals surface area contributed by atoms with E-state index in [1.807, 2.05) is 45.2 Å². The lowest BCUT2D eigenvalue weighted by Crippen LogP contribution is -2.46. The summed E-state index contributed by atoms with van der Waals surface area (Å²) in [7, 11) is -0.520. The summed E-state index contributed by atoms with van der Waals surface area (Å²) in [5, 5.41) is 13.8. The number of pyridine rings is 1. The summed E-state index contributed by atoms with van der Waals surface area (Å²) < 4.78 is 23.6. The molecule has 49 heavy (non-hydrogen) atoms. The lowest BCUT2D eigenvalue weighted by Gasteiger charge is -2.39. The number of hydrogen-bond acceptors (Lipinski definition) is 10. The van der Waals surface area contributed by atoms with Crippen molar-refractivity contribution in [2.45, 2.75) is 96.4 Å². The molecule has 0 spiro atoms. The Labute approximate surface area is 291 Å². The van der Waals surface area contributed by atoms with Gasteiger partial charge in [0.1, 0.15) is 24.0 Å². The number of carbonyl (C=O) groups is 1. The van der Waals surface area contributed by atoms with E-state index in [0.717, 1.165) is 29.5 Å². The molecule has 3 aromatic rings. The van der Waals surface area contributed by atoms with Crippen LogP contribution in [-0.2, 0) is 19.3 Å². The van der Waals surface area contributed by atoms with E-state index in [2.05, 4.69) is 62.1 Å². The predicted molar refractivity (Wildman–Crippen MR) is 193 cm³/mol. The number of carbonyl (C=O) groups excluding carboxylic acids is 1. The lowest BCUT2D eigenvalue weighted by molar-refractivity contribution is 0.0575. The van der Waals surface area contributed by atoms with Crippen LogP contribution in [0.2, 0.25) is 18.1 Å². The molecule has 0 saturated heterocycles. The second-order valence-electron chi connectivity index (χ2n) is 15.8. The highest BCUT2D eigenvalue weighted by Crippen LogP contribution is 2.47. The number of anilines is 3. The molecule has 1 aliphatic heterocycles. The van der Waals surface area contributed by atoms with Gasteiger partial charge >= 0.3 is 6.09 Å². The first-order chi connectivity index (χ1) is 22.9. The Balaban J connectivity index is 1.54. The molecular weight excluding hydrogens is 637 g/mol. The van der Waals surface area contributed by atoms with E-state index >= 15 is 0 Å². The van der Waals surface area contributed by atoms with Gasteiger partial charge in [0.05, 0.1) is 23.6 Å². The molecule has 0 bridgehead atoms. The zero-order valence-corrected chi connectivity index (χ0v) is 31.6. The van der Waals surface area contributed by atoms with Crippen molar-refractivity contribution in [3.8, 4) is 23.2 Å². The number of rotatable bonds is 11. The largest absolute Gasteiger partial charge is 0.474 e. The number of aromatic nitrogens is 3. The molecule has 2 aliphatic rings. The summed E-state index contributed by atoms with van der Waals surface area (Å²) in [4.78, 5) is 29.1. The van der Waals surface area contributed by atoms with Crippen LogP contribution in [0.25, 0.3) is 11.3 Å². The topological polar surface area (TPSA) is 132 Å². The Morgan fingerprint density at radius 3 is 2.49 bits per heavy atom. The van der Waals surface area contributed by atoms with E-state index in [4.69, 9.17) is 23.6 Å². The molecule has 2 aromatic heterocycles. The van der Waals surface area contributed by atoms with Crippen LogP contribution in [0, 0.1) is 11.3 Å². The van der Waals surface area contributed by atoms with Crippen LogP contribution in [0.3, 0.4) is 0 Å². The van der Waals surface area contributed by atoms with Gasteiger partial charge in [0.15, 0.2) is 8.32 Å². The van der Waals surface area contributed by atoms with E-state index < -0.39 is 25.4 Å². The summed E-state index contributed by atoms with van der Waals surface area (Å²) in [5.41, 5.74) is 3.60. The van der Waals surface area contributed by atoms with Gasteiger partial charge in [0.25, 0.3) is 0 Å². The first kappa shape index (κ1) is 36.2. The number of fused-ring (bicyclic) bond motifs is 1. The van der Waals surface area contributed by atoms with E-state index in [1.165, 1.54) is 0 Å². The average molecular weight is 687 g/mol. The quantitative estimate of drug-likeness (QED) is 0.156. The molecule has 1 aromatic carbocycles. The number of nitrogens with one attached hydrogen (secondary N) is 1. The number of nitriles is 1. The standard InChI is InChI=1S/C37H50N6O5Si/c1-35(2,3)48-34(44)43-22-37(7,23-47-49(9,10)36(4,5)6)28-18-25(17-26(20-38)31(28)43)29-13-14-39-33(41-29)42-30-19-27(24-11-12-24)21-40-32(30)46-16-15-45-8/h13-14,17-19,21,24H,11-12,15-16,22-23H2,1-10H3,(H,39,41,42)/t37-/m1/s1. The normalized spacial score (nSPS) is 17.8. The van der Waals surface area contributed by atoms with Crippen molar-refractivity contribution in [1.29, 1.82) is 5.26 Å². The van der Waals surface area contributed by atoms with Gasteiger partial charge in [-0.1, -0.05) is 27.7 Å². The third-order valence-electron chi connectivity index (χ3n) is 9.47. The second kappa shape index (κ2) is 13.7. The summed E-state index contributed by atoms with van der Waals surface area (Å²) in [5.74, 6) is 1.31. The maximum absolute atomic E-state index is 13.6. The summed E-state index contributed by atoms with van der Waals surface area (Å²) >= 11 is 0. The molecular formula is C37H50N6O5Si. The van der Waals surface area contributed by atoms with E-state index in [0.29, 0.717) is 66.7 Å². The molecule has 262 valence electrons. The molecule has 0 radical (unpaired) electrons. The Kier molecular flexibility index (Phi) is 10.1. The molecule has 1 atom stereocenters. The maximum atomic E-state index is 13.6. The van der Waals surface area contributed by atoms with Crippen molar-refractivity contribution in [1.82, 2.24) is 15.0 Å². The first-order valence-corrected chi connectivity index (χ1v) is 19.8. The lowest BCUT2D eigenvalue weighted by atomic mass is 9.83. The van der Waals surface area contributed by atoms with Crippen LogP contribution in [0.15, 0.2) is 36.7 Å². The molecule has 1 N–H and O–H groups in total. The number of hydrogen-bond donors (Lipinski definition) is 1. The fourth-order valence-corrected chi connectivity index (χ4v) is 6.63. The van der Waals surface area contributed by atoms with Crippen LogP contribution in [0.4, 0.5) is 22.1 Å². The SMILES string of the molecule is COCCOc1ncc(C2CC2)cc1Nc1nccc(-c2cc(C#N)c3c(c2)[C@@](C)(CO[Si](C)(C)C(C)(C)C)CN3C(=O)OC(C)(C)C)n1. The van der Waals surface area contributed by atoms with Crippen LogP contribution in [0.5, 0.6) is 5.88 Å². The van der Waals surface area contributed by atoms with Crippen LogP contribution in [-0.4, -0.2) is 68.4 Å². The van der Waals surface area contributed by atoms with Gasteiger partial charge in [0.2, 0.25) is 11.8 Å². The van der Waals surface area contributed by atoms with Crippen molar-refractivity contribution >= 4 is 31.7 Å². The van der Waals surface area contributed by atoms with Gasteiger partial charge in [-0.3, -0.25) is 4.90 Å². The van der Waals surface area contributed by atoms with Crippen LogP contribution in [0.1, 0.15) is 83.9 Å². The zero-order chi connectivity index (χ0) is 35.8. The molecule has 11 nitrogen and oxygen atoms in total. The third kappa shape index (κ3) is 8.23. The fourth-order valence-electron chi connectivity index (χ4n) is 5.52. The Morgan fingerprint density at radius 1 is 1.12 bits per heavy atom. The van der Waals surface area contributed by atoms with Crippen LogP contribution >= 0.6 is 0 Å². The minimum absolute atomic E-state index is 0.00203. The molecule has 12 heteroatoms. The number of ether oxygens (including phenoxy) is 3. The van der Waals surface area contributed by atoms with Gasteiger partial charge in [-0.25, -0.2) is 19.7 Å². The highest BCUT2D eigenvalue weighted by atomic mass is 28.4. The highest BCUT2D eigenvalue weighted by Gasteiger charge is 2.47. The van der Waals surface area contributed by atoms with Crippen molar-refractivity contribution in [2.75, 3.05) is 43.7 Å². The third-order valence-corrected chi connectivity index (χ3v) is 14.0. The monoisotopic (exact) mass is 686 g/mol. The highest BCUT2D eigenvalue weighted by molar-refractivity contribution is 6.74. The Hall–Kier alpha value is -4.05. The van der Waals surface area contributed by atoms with E-state index in [9.17, 15) is 10.1 Å². The second-order valence-corrected chi connectivity index (χ2v) is 20.6. The van der Waals surface area contributed by atoms with Gasteiger partial charge < -0.3 is 24.0 Å². The zero-order valence-electron chi connectivity index (χ0n) is 30.6. The molecule has 1 saturated carbocycles. The average Bonchev–Trinajstić information content (AvgIpc) is 3.83. The molecule has 1 amide bonds. The maximum Gasteiger partial charge on any atom is 0.414 e. The summed E-state index contributed by atoms with van der Waals surface area (Å²) in [6, 6.07) is 10.0. The van der Waals surface area contributed by atoms with Gasteiger partial charge in [-0.2, -0.15) is 5.26 Å². The smallest absolute Gasteiger partial charge is 0.414 e. The molecule has 1 aliphatic carbocycles. The summed E-state index contributed by atoms with van der Waals surface area (Å²) in [6.07, 6.45) is 5.33. The number of amides is 1. The van der Waals surface area contributed by atoms with Gasteiger partial charge in [-0.15, -0.1) is 0 Å². The molecule has 5 rings (SSSR count). The van der Waals surface area contributed by atoms with E-state index in [1.54, 1.807) is 24.3 Å². The minimum atomic E-state index is -2.15. The molecule has 3 heterocycles. The van der Waals surface area contributed by atoms with Crippen molar-refractivity contribution < 1.29 is 23.4 Å². The number of benzene rings is 1. The predicted octanol–water partition coefficient (Wildman–Crippen LogP) is 8.09. The van der Waals surface area contributed by atoms with E-state index in [-0.39, 0.29) is 5.04 Å². The Bertz CT molecular complexity index is 1740. The minimum Gasteiger partial charge on any atom is -0.474 e. The van der Waals surface area contributed by atoms with Crippen molar-refractivity contribution in [3.63, 3.8) is 0 Å². The van der Waals surface area contributed by atoms with Crippen molar-refractivity contribution in [3.05, 3.63) is 53.3 Å². The number of nitrogens with zero attached hydrogens (tertiary/aromatic N) is 5. The first-order valence-electron chi connectivity index (χ1n) is 16.9. The summed E-state index contributed by atoms with van der Waals surface area (Å²) in [6.45, 7) is 20.1. The fraction of sp³-hybridized carbons (Fsp3) is 0.541. The Morgan fingerprint density at radius 2 is 1.86 bits per heavy atom. The molecule has 0 unspecified atom stereocenters. The number of methoxy groups -OCH3 is 1. The van der Waals surface area contributed by atoms with Crippen LogP contribution < -0.4 is 15.0 Å². The van der Waals surface area contributed by atoms with Gasteiger partial charge in [-0.05, 0) is 93.1 Å². The van der Waals surface area contributed by atoms with Gasteiger partial charge in [0, 0.05) is 43.6 Å². The molecule has 1 fully saturated rings.